The average Bonchev–Trinajstić information content (AvgIpc) is 3.56. The summed E-state index contributed by atoms with van der Waals surface area (Å²) < 4.78 is 6.76. The topological polar surface area (TPSA) is 90.4 Å². The van der Waals surface area contributed by atoms with Crippen LogP contribution >= 0.6 is 15.9 Å². The van der Waals surface area contributed by atoms with Crippen LogP contribution in [0.25, 0.3) is 0 Å². The minimum atomic E-state index is -1.19. The Labute approximate surface area is 258 Å². The van der Waals surface area contributed by atoms with Crippen molar-refractivity contribution in [3.05, 3.63) is 55.6 Å². The molecule has 0 aromatic heterocycles. The number of hydrogen-bond donors (Lipinski definition) is 1. The highest BCUT2D eigenvalue weighted by Gasteiger charge is 2.77. The van der Waals surface area contributed by atoms with Gasteiger partial charge in [0.05, 0.1) is 30.6 Å². The second-order valence-electron chi connectivity index (χ2n) is 12.4. The van der Waals surface area contributed by atoms with Gasteiger partial charge < -0.3 is 24.5 Å². The Morgan fingerprint density at radius 2 is 1.83 bits per heavy atom. The molecule has 3 aliphatic rings. The number of nitrogens with zero attached hydrogens (tertiary/aromatic N) is 3. The first-order chi connectivity index (χ1) is 20.1. The smallest absolute Gasteiger partial charge is 0.248 e. The summed E-state index contributed by atoms with van der Waals surface area (Å²) in [7, 11) is 0. The van der Waals surface area contributed by atoms with Crippen molar-refractivity contribution in [1.29, 1.82) is 0 Å². The number of alkyl halides is 1. The fourth-order valence-electron chi connectivity index (χ4n) is 7.44. The van der Waals surface area contributed by atoms with Crippen molar-refractivity contribution in [2.45, 2.75) is 88.0 Å². The van der Waals surface area contributed by atoms with Gasteiger partial charge in [-0.1, -0.05) is 73.5 Å². The van der Waals surface area contributed by atoms with E-state index in [4.69, 9.17) is 4.74 Å². The van der Waals surface area contributed by atoms with Gasteiger partial charge in [-0.3, -0.25) is 14.4 Å². The third kappa shape index (κ3) is 5.60. The molecule has 0 aliphatic carbocycles. The molecule has 8 nitrogen and oxygen atoms in total. The predicted octanol–water partition coefficient (Wildman–Crippen LogP) is 4.56. The van der Waals surface area contributed by atoms with Crippen molar-refractivity contribution in [3.63, 3.8) is 0 Å². The average molecular weight is 645 g/mol. The van der Waals surface area contributed by atoms with Gasteiger partial charge in [-0.2, -0.15) is 0 Å². The molecular weight excluding hydrogens is 598 g/mol. The summed E-state index contributed by atoms with van der Waals surface area (Å²) >= 11 is 3.78. The Morgan fingerprint density at radius 3 is 2.40 bits per heavy atom. The first-order valence-corrected chi connectivity index (χ1v) is 16.1. The van der Waals surface area contributed by atoms with Crippen LogP contribution in [0.5, 0.6) is 0 Å². The number of likely N-dealkylation sites (tertiary alicyclic amines) is 1. The Hall–Kier alpha value is -2.49. The third-order valence-electron chi connectivity index (χ3n) is 9.09. The van der Waals surface area contributed by atoms with E-state index in [0.29, 0.717) is 25.1 Å². The van der Waals surface area contributed by atoms with E-state index in [2.05, 4.69) is 36.0 Å². The van der Waals surface area contributed by atoms with Crippen LogP contribution in [0.4, 0.5) is 5.69 Å². The summed E-state index contributed by atoms with van der Waals surface area (Å²) in [6, 6.07) is 7.72. The number of carbonyl (C=O) groups excluding carboxylic acids is 3. The van der Waals surface area contributed by atoms with Crippen LogP contribution in [0, 0.1) is 17.8 Å². The summed E-state index contributed by atoms with van der Waals surface area (Å²) in [5, 5.41) is 10.6. The van der Waals surface area contributed by atoms with Crippen molar-refractivity contribution in [2.75, 3.05) is 24.6 Å². The molecule has 3 amide bonds. The van der Waals surface area contributed by atoms with Crippen molar-refractivity contribution in [1.82, 2.24) is 9.80 Å². The Bertz CT molecular complexity index is 1160. The van der Waals surface area contributed by atoms with Crippen LogP contribution in [-0.4, -0.2) is 87.0 Å². The number of carbonyl (C=O) groups is 3. The van der Waals surface area contributed by atoms with Crippen molar-refractivity contribution in [3.8, 4) is 0 Å². The maximum Gasteiger partial charge on any atom is 0.248 e. The zero-order valence-electron chi connectivity index (χ0n) is 25.3. The first-order valence-electron chi connectivity index (χ1n) is 15.2. The zero-order chi connectivity index (χ0) is 30.8. The molecule has 3 aliphatic heterocycles. The summed E-state index contributed by atoms with van der Waals surface area (Å²) in [5.74, 6) is -2.20. The lowest BCUT2D eigenvalue weighted by molar-refractivity contribution is -0.152. The molecule has 3 heterocycles. The minimum Gasteiger partial charge on any atom is -0.394 e. The Kier molecular flexibility index (Phi) is 10.4. The van der Waals surface area contributed by atoms with Gasteiger partial charge >= 0.3 is 0 Å². The quantitative estimate of drug-likeness (QED) is 0.237. The monoisotopic (exact) mass is 643 g/mol. The molecule has 3 fully saturated rings. The second kappa shape index (κ2) is 13.4. The zero-order valence-corrected chi connectivity index (χ0v) is 26.9. The van der Waals surface area contributed by atoms with E-state index < -0.39 is 35.6 Å². The number of hydrogen-bond acceptors (Lipinski definition) is 5. The number of fused-ring (bicyclic) bond motifs is 1. The number of halogens is 1. The van der Waals surface area contributed by atoms with Crippen molar-refractivity contribution in [2.24, 2.45) is 17.8 Å². The Balaban J connectivity index is 1.84. The number of anilines is 1. The van der Waals surface area contributed by atoms with Gasteiger partial charge in [0.2, 0.25) is 17.7 Å². The van der Waals surface area contributed by atoms with Gasteiger partial charge in [0.15, 0.2) is 0 Å². The van der Waals surface area contributed by atoms with Crippen LogP contribution in [0.3, 0.4) is 0 Å². The molecule has 1 aromatic rings. The van der Waals surface area contributed by atoms with E-state index in [-0.39, 0.29) is 47.7 Å². The molecule has 1 spiro atoms. The molecule has 0 radical (unpaired) electrons. The van der Waals surface area contributed by atoms with E-state index >= 15 is 0 Å². The van der Waals surface area contributed by atoms with Crippen LogP contribution in [0.2, 0.25) is 0 Å². The maximum atomic E-state index is 14.7. The van der Waals surface area contributed by atoms with Gasteiger partial charge in [0, 0.05) is 29.6 Å². The predicted molar refractivity (Wildman–Crippen MR) is 168 cm³/mol. The fourth-order valence-corrected chi connectivity index (χ4v) is 8.38. The van der Waals surface area contributed by atoms with Crippen molar-refractivity contribution >= 4 is 39.3 Å². The lowest BCUT2D eigenvalue weighted by atomic mass is 9.70. The normalized spacial score (nSPS) is 29.4. The molecule has 2 bridgehead atoms. The molecule has 4 rings (SSSR count). The standard InChI is InChI=1S/C33H46BrN3O5/c1-7-13-22(6)35(16-8-2)32(41)29-33-19-25(34)28(42-33)26(27(33)31(40)37(29)24(20-38)18-21(4)5)30(39)36(17-9-3)23-14-11-10-12-15-23/h8-12,14-15,21-22,24-29,38H,2-3,7,13,16-20H2,1,4-6H3/t22?,24-,25?,26-,27+,28-,29?,33?/m1/s1. The molecule has 1 N–H and O–H groups in total. The highest BCUT2D eigenvalue weighted by molar-refractivity contribution is 9.09. The molecule has 9 heteroatoms. The molecule has 0 saturated carbocycles. The van der Waals surface area contributed by atoms with Crippen LogP contribution in [0.15, 0.2) is 55.6 Å². The summed E-state index contributed by atoms with van der Waals surface area (Å²) in [4.78, 5) is 48.5. The van der Waals surface area contributed by atoms with Crippen LogP contribution < -0.4 is 4.90 Å². The van der Waals surface area contributed by atoms with Crippen molar-refractivity contribution < 1.29 is 24.2 Å². The van der Waals surface area contributed by atoms with E-state index in [1.165, 1.54) is 0 Å². The van der Waals surface area contributed by atoms with E-state index in [1.807, 2.05) is 51.1 Å². The Morgan fingerprint density at radius 1 is 1.17 bits per heavy atom. The van der Waals surface area contributed by atoms with Gasteiger partial charge in [-0.15, -0.1) is 13.2 Å². The van der Waals surface area contributed by atoms with Gasteiger partial charge in [0.25, 0.3) is 0 Å². The number of aliphatic hydroxyl groups is 1. The summed E-state index contributed by atoms with van der Waals surface area (Å²) in [5.41, 5.74) is -0.488. The molecule has 3 saturated heterocycles. The van der Waals surface area contributed by atoms with Gasteiger partial charge in [-0.05, 0) is 44.2 Å². The molecule has 230 valence electrons. The number of ether oxygens (including phenoxy) is 1. The number of amides is 3. The maximum absolute atomic E-state index is 14.7. The molecule has 1 aromatic carbocycles. The minimum absolute atomic E-state index is 0.0810. The number of rotatable bonds is 14. The highest BCUT2D eigenvalue weighted by atomic mass is 79.9. The molecule has 8 atom stereocenters. The fraction of sp³-hybridized carbons (Fsp3) is 0.606. The van der Waals surface area contributed by atoms with E-state index in [0.717, 1.165) is 12.8 Å². The second-order valence-corrected chi connectivity index (χ2v) is 13.5. The third-order valence-corrected chi connectivity index (χ3v) is 9.93. The first kappa shape index (κ1) is 32.4. The number of aliphatic hydroxyl groups excluding tert-OH is 1. The number of benzene rings is 1. The SMILES string of the molecule is C=CCN(C(=O)[C@H]1[C@@H]2OC3(CC2Br)C(C(=O)N(CC=C)C(C)CCC)N([C@@H](CO)CC(C)C)C(=O)[C@H]13)c1ccccc1. The summed E-state index contributed by atoms with van der Waals surface area (Å²) in [6.07, 6.45) is 5.44. The van der Waals surface area contributed by atoms with E-state index in [9.17, 15) is 19.5 Å². The lowest BCUT2D eigenvalue weighted by Gasteiger charge is -2.41. The largest absolute Gasteiger partial charge is 0.394 e. The van der Waals surface area contributed by atoms with Gasteiger partial charge in [-0.25, -0.2) is 0 Å². The molecule has 42 heavy (non-hydrogen) atoms. The highest BCUT2D eigenvalue weighted by Crippen LogP contribution is 2.61. The summed E-state index contributed by atoms with van der Waals surface area (Å²) in [6.45, 7) is 16.2. The number of para-hydroxylation sites is 1. The lowest BCUT2D eigenvalue weighted by Crippen LogP contribution is -2.60. The van der Waals surface area contributed by atoms with Crippen LogP contribution in [0.1, 0.15) is 53.4 Å². The molecule has 4 unspecified atom stereocenters. The molecular formula is C33H46BrN3O5. The van der Waals surface area contributed by atoms with Crippen LogP contribution in [-0.2, 0) is 19.1 Å². The van der Waals surface area contributed by atoms with Gasteiger partial charge in [0.1, 0.15) is 11.6 Å². The van der Waals surface area contributed by atoms with E-state index in [1.54, 1.807) is 26.9 Å².